The fourth-order valence-corrected chi connectivity index (χ4v) is 2.32. The summed E-state index contributed by atoms with van der Waals surface area (Å²) in [7, 11) is 0. The second-order valence-electron chi connectivity index (χ2n) is 4.83. The van der Waals surface area contributed by atoms with Crippen LogP contribution in [0.25, 0.3) is 11.0 Å². The van der Waals surface area contributed by atoms with Gasteiger partial charge in [0.05, 0.1) is 17.6 Å². The molecule has 0 amide bonds. The molecule has 0 saturated heterocycles. The van der Waals surface area contributed by atoms with Crippen molar-refractivity contribution in [2.45, 2.75) is 13.0 Å². The van der Waals surface area contributed by atoms with Crippen LogP contribution in [0, 0.1) is 5.82 Å². The first-order valence-corrected chi connectivity index (χ1v) is 6.98. The average molecular weight is 303 g/mol. The summed E-state index contributed by atoms with van der Waals surface area (Å²) >= 11 is 0. The Labute approximate surface area is 126 Å². The summed E-state index contributed by atoms with van der Waals surface area (Å²) in [5.74, 6) is 0.500. The quantitative estimate of drug-likeness (QED) is 0.554. The van der Waals surface area contributed by atoms with Crippen LogP contribution in [-0.2, 0) is 6.54 Å². The van der Waals surface area contributed by atoms with Crippen LogP contribution in [0.2, 0.25) is 0 Å². The van der Waals surface area contributed by atoms with E-state index in [0.29, 0.717) is 25.3 Å². The molecule has 1 N–H and O–H groups in total. The van der Waals surface area contributed by atoms with Crippen LogP contribution in [0.3, 0.4) is 0 Å². The Morgan fingerprint density at radius 3 is 2.64 bits per heavy atom. The number of fused-ring (bicyclic) bond motifs is 1. The summed E-state index contributed by atoms with van der Waals surface area (Å²) in [6.07, 6.45) is 0.673. The van der Waals surface area contributed by atoms with Crippen molar-refractivity contribution in [3.63, 3.8) is 0 Å². The summed E-state index contributed by atoms with van der Waals surface area (Å²) in [5, 5.41) is 0. The largest absolute Gasteiger partial charge is 0.494 e. The summed E-state index contributed by atoms with van der Waals surface area (Å²) in [6, 6.07) is 13.3. The number of aryl methyl sites for hydroxylation is 1. The highest BCUT2D eigenvalue weighted by Gasteiger charge is 2.09. The molecular weight excluding hydrogens is 288 g/mol. The molecule has 1 aromatic heterocycles. The number of rotatable bonds is 6. The van der Waals surface area contributed by atoms with Crippen LogP contribution in [-0.4, -0.2) is 16.2 Å². The molecule has 1 heterocycles. The number of hydrogen-bond acceptors (Lipinski definition) is 3. The minimum atomic E-state index is -0.295. The predicted molar refractivity (Wildman–Crippen MR) is 81.0 cm³/mol. The number of anilines is 1. The molecule has 0 radical (unpaired) electrons. The molecule has 0 spiro atoms. The van der Waals surface area contributed by atoms with Gasteiger partial charge in [-0.2, -0.15) is 5.54 Å². The van der Waals surface area contributed by atoms with Crippen molar-refractivity contribution in [3.05, 3.63) is 54.3 Å². The van der Waals surface area contributed by atoms with Gasteiger partial charge in [0.25, 0.3) is 0 Å². The predicted octanol–water partition coefficient (Wildman–Crippen LogP) is 3.94. The molecular formula is C16H15F2N3O. The normalized spacial score (nSPS) is 10.8. The number of halogens is 2. The lowest BCUT2D eigenvalue weighted by molar-refractivity contribution is 0.302. The van der Waals surface area contributed by atoms with Crippen molar-refractivity contribution in [2.75, 3.05) is 12.1 Å². The highest BCUT2D eigenvalue weighted by Crippen LogP contribution is 2.20. The van der Waals surface area contributed by atoms with Gasteiger partial charge in [-0.1, -0.05) is 12.1 Å². The first-order valence-electron chi connectivity index (χ1n) is 6.98. The topological polar surface area (TPSA) is 39.1 Å². The van der Waals surface area contributed by atoms with Crippen LogP contribution in [0.5, 0.6) is 5.75 Å². The van der Waals surface area contributed by atoms with E-state index in [-0.39, 0.29) is 11.8 Å². The molecule has 0 aliphatic carbocycles. The summed E-state index contributed by atoms with van der Waals surface area (Å²) in [6.45, 7) is 1.01. The van der Waals surface area contributed by atoms with Crippen LogP contribution < -0.4 is 10.3 Å². The zero-order valence-corrected chi connectivity index (χ0v) is 11.8. The summed E-state index contributed by atoms with van der Waals surface area (Å²) in [4.78, 5) is 4.17. The highest BCUT2D eigenvalue weighted by atomic mass is 19.2. The molecule has 0 saturated carbocycles. The van der Waals surface area contributed by atoms with Crippen molar-refractivity contribution in [3.8, 4) is 5.75 Å². The van der Waals surface area contributed by atoms with Crippen LogP contribution >= 0.6 is 0 Å². The molecule has 0 unspecified atom stereocenters. The van der Waals surface area contributed by atoms with E-state index < -0.39 is 0 Å². The van der Waals surface area contributed by atoms with Crippen molar-refractivity contribution < 1.29 is 13.6 Å². The molecule has 3 aromatic rings. The van der Waals surface area contributed by atoms with E-state index in [1.165, 1.54) is 12.1 Å². The maximum atomic E-state index is 12.8. The Morgan fingerprint density at radius 1 is 1.09 bits per heavy atom. The minimum Gasteiger partial charge on any atom is -0.494 e. The van der Waals surface area contributed by atoms with E-state index in [4.69, 9.17) is 4.74 Å². The Morgan fingerprint density at radius 2 is 1.86 bits per heavy atom. The lowest BCUT2D eigenvalue weighted by atomic mass is 10.3. The molecule has 6 heteroatoms. The number of hydrogen-bond donors (Lipinski definition) is 1. The third-order valence-corrected chi connectivity index (χ3v) is 3.35. The van der Waals surface area contributed by atoms with E-state index in [9.17, 15) is 8.87 Å². The monoisotopic (exact) mass is 303 g/mol. The van der Waals surface area contributed by atoms with Crippen molar-refractivity contribution >= 4 is 17.0 Å². The van der Waals surface area contributed by atoms with Gasteiger partial charge in [-0.15, -0.1) is 4.48 Å². The van der Waals surface area contributed by atoms with Crippen LogP contribution in [0.15, 0.2) is 48.5 Å². The number of ether oxygens (including phenoxy) is 1. The van der Waals surface area contributed by atoms with Crippen molar-refractivity contribution in [2.24, 2.45) is 0 Å². The zero-order valence-electron chi connectivity index (χ0n) is 11.8. The van der Waals surface area contributed by atoms with Gasteiger partial charge in [0.2, 0.25) is 5.95 Å². The third kappa shape index (κ3) is 3.00. The van der Waals surface area contributed by atoms with Gasteiger partial charge >= 0.3 is 0 Å². The summed E-state index contributed by atoms with van der Waals surface area (Å²) < 4.78 is 32.9. The Bertz CT molecular complexity index is 756. The fourth-order valence-electron chi connectivity index (χ4n) is 2.32. The third-order valence-electron chi connectivity index (χ3n) is 3.35. The number of imidazole rings is 1. The standard InChI is InChI=1S/C16H15F2N3O/c17-12-6-8-13(9-7-12)22-11-3-10-21-15-5-2-1-4-14(15)19-16(21)20-18/h1-2,4-9H,3,10-11H2,(H,19,20). The first kappa shape index (κ1) is 14.3. The van der Waals surface area contributed by atoms with E-state index in [2.05, 4.69) is 4.98 Å². The number of para-hydroxylation sites is 2. The van der Waals surface area contributed by atoms with Gasteiger partial charge in [0, 0.05) is 6.54 Å². The molecule has 0 aliphatic heterocycles. The molecule has 4 nitrogen and oxygen atoms in total. The number of nitrogens with one attached hydrogen (secondary N) is 1. The molecule has 22 heavy (non-hydrogen) atoms. The molecule has 114 valence electrons. The molecule has 2 aromatic carbocycles. The second-order valence-corrected chi connectivity index (χ2v) is 4.83. The van der Waals surface area contributed by atoms with Gasteiger partial charge in [-0.05, 0) is 42.8 Å². The smallest absolute Gasteiger partial charge is 0.232 e. The van der Waals surface area contributed by atoms with Gasteiger partial charge in [-0.25, -0.2) is 9.37 Å². The van der Waals surface area contributed by atoms with Gasteiger partial charge in [0.1, 0.15) is 11.6 Å². The van der Waals surface area contributed by atoms with E-state index >= 15 is 0 Å². The van der Waals surface area contributed by atoms with E-state index in [1.54, 1.807) is 22.2 Å². The number of aromatic nitrogens is 2. The Kier molecular flexibility index (Phi) is 4.18. The summed E-state index contributed by atoms with van der Waals surface area (Å²) in [5.41, 5.74) is 3.22. The maximum Gasteiger partial charge on any atom is 0.232 e. The molecule has 0 aliphatic rings. The SMILES string of the molecule is FNc1nc2ccccc2n1CCCOc1ccc(F)cc1. The van der Waals surface area contributed by atoms with E-state index in [0.717, 1.165) is 11.0 Å². The first-order chi connectivity index (χ1) is 10.8. The molecule has 0 atom stereocenters. The molecule has 3 rings (SSSR count). The van der Waals surface area contributed by atoms with Crippen molar-refractivity contribution in [1.82, 2.24) is 9.55 Å². The Balaban J connectivity index is 1.63. The van der Waals surface area contributed by atoms with Gasteiger partial charge in [0.15, 0.2) is 0 Å². The van der Waals surface area contributed by atoms with Gasteiger partial charge < -0.3 is 9.30 Å². The van der Waals surface area contributed by atoms with Crippen LogP contribution in [0.1, 0.15) is 6.42 Å². The maximum absolute atomic E-state index is 12.8. The number of nitrogens with zero attached hydrogens (tertiary/aromatic N) is 2. The molecule has 0 bridgehead atoms. The average Bonchev–Trinajstić information content (AvgIpc) is 2.91. The minimum absolute atomic E-state index is 0.183. The zero-order chi connectivity index (χ0) is 15.4. The van der Waals surface area contributed by atoms with Gasteiger partial charge in [-0.3, -0.25) is 0 Å². The van der Waals surface area contributed by atoms with E-state index in [1.807, 2.05) is 24.3 Å². The number of benzene rings is 2. The highest BCUT2D eigenvalue weighted by molar-refractivity contribution is 5.78. The molecule has 0 fully saturated rings. The second kappa shape index (κ2) is 6.43. The lowest BCUT2D eigenvalue weighted by Gasteiger charge is -2.09. The Hall–Kier alpha value is -2.63. The fraction of sp³-hybridized carbons (Fsp3) is 0.188. The van der Waals surface area contributed by atoms with Crippen molar-refractivity contribution in [1.29, 1.82) is 0 Å². The van der Waals surface area contributed by atoms with Crippen LogP contribution in [0.4, 0.5) is 14.8 Å². The lowest BCUT2D eigenvalue weighted by Crippen LogP contribution is -2.06.